The second-order valence-corrected chi connectivity index (χ2v) is 4.98. The van der Waals surface area contributed by atoms with Gasteiger partial charge in [-0.2, -0.15) is 0 Å². The lowest BCUT2D eigenvalue weighted by Gasteiger charge is -2.32. The van der Waals surface area contributed by atoms with Gasteiger partial charge in [0.15, 0.2) is 0 Å². The quantitative estimate of drug-likeness (QED) is 0.847. The average Bonchev–Trinajstić information content (AvgIpc) is 2.50. The number of likely N-dealkylation sites (N-methyl/N-ethyl adjacent to an activating group) is 1. The molecule has 0 aliphatic heterocycles. The van der Waals surface area contributed by atoms with Gasteiger partial charge in [0.1, 0.15) is 0 Å². The Bertz CT molecular complexity index is 501. The minimum atomic E-state index is -0.574. The summed E-state index contributed by atoms with van der Waals surface area (Å²) in [6.45, 7) is 1.31. The molecule has 0 bridgehead atoms. The molecule has 0 aliphatic rings. The average molecular weight is 270 g/mol. The zero-order valence-corrected chi connectivity index (χ0v) is 11.8. The van der Waals surface area contributed by atoms with Crippen LogP contribution in [0.2, 0.25) is 0 Å². The summed E-state index contributed by atoms with van der Waals surface area (Å²) < 4.78 is 0. The van der Waals surface area contributed by atoms with Crippen LogP contribution in [-0.2, 0) is 0 Å². The molecule has 0 saturated carbocycles. The van der Waals surface area contributed by atoms with Crippen molar-refractivity contribution in [2.24, 2.45) is 5.73 Å². The maximum atomic E-state index is 10.7. The number of aliphatic hydroxyl groups excluding tert-OH is 1. The molecule has 2 rings (SSSR count). The van der Waals surface area contributed by atoms with Gasteiger partial charge < -0.3 is 10.8 Å². The molecule has 2 aromatic carbocycles. The van der Waals surface area contributed by atoms with Crippen molar-refractivity contribution in [1.82, 2.24) is 4.90 Å². The first-order valence-corrected chi connectivity index (χ1v) is 6.92. The van der Waals surface area contributed by atoms with Crippen molar-refractivity contribution in [3.05, 3.63) is 71.8 Å². The highest BCUT2D eigenvalue weighted by Crippen LogP contribution is 2.32. The lowest BCUT2D eigenvalue weighted by Crippen LogP contribution is -2.33. The second-order valence-electron chi connectivity index (χ2n) is 4.98. The van der Waals surface area contributed by atoms with Gasteiger partial charge in [-0.3, -0.25) is 4.90 Å². The van der Waals surface area contributed by atoms with Crippen molar-refractivity contribution in [2.45, 2.75) is 12.1 Å². The summed E-state index contributed by atoms with van der Waals surface area (Å²) in [5, 5.41) is 10.7. The highest BCUT2D eigenvalue weighted by molar-refractivity contribution is 5.26. The lowest BCUT2D eigenvalue weighted by atomic mass is 9.94. The first-order chi connectivity index (χ1) is 9.74. The fourth-order valence-electron chi connectivity index (χ4n) is 2.50. The van der Waals surface area contributed by atoms with Crippen LogP contribution in [-0.4, -0.2) is 30.1 Å². The van der Waals surface area contributed by atoms with Crippen molar-refractivity contribution < 1.29 is 5.11 Å². The molecule has 0 radical (unpaired) electrons. The van der Waals surface area contributed by atoms with Gasteiger partial charge >= 0.3 is 0 Å². The molecule has 0 heterocycles. The SMILES string of the molecule is CN(CCN)[C@@H](c1ccccc1)[C@H](O)c1ccccc1. The molecule has 106 valence electrons. The molecule has 2 atom stereocenters. The number of hydrogen-bond acceptors (Lipinski definition) is 3. The third-order valence-electron chi connectivity index (χ3n) is 3.54. The Labute approximate surface area is 120 Å². The first-order valence-electron chi connectivity index (χ1n) is 6.92. The third kappa shape index (κ3) is 3.45. The van der Waals surface area contributed by atoms with Gasteiger partial charge in [-0.05, 0) is 18.2 Å². The van der Waals surface area contributed by atoms with E-state index in [2.05, 4.69) is 4.90 Å². The fourth-order valence-corrected chi connectivity index (χ4v) is 2.50. The normalized spacial score (nSPS) is 14.2. The van der Waals surface area contributed by atoms with E-state index in [1.165, 1.54) is 0 Å². The highest BCUT2D eigenvalue weighted by atomic mass is 16.3. The standard InChI is InChI=1S/C17H22N2O/c1-19(13-12-18)16(14-8-4-2-5-9-14)17(20)15-10-6-3-7-11-15/h2-11,16-17,20H,12-13,18H2,1H3/t16-,17+/m0/s1. The van der Waals surface area contributed by atoms with Crippen LogP contribution in [0.15, 0.2) is 60.7 Å². The van der Waals surface area contributed by atoms with E-state index in [9.17, 15) is 5.11 Å². The number of nitrogens with zero attached hydrogens (tertiary/aromatic N) is 1. The maximum Gasteiger partial charge on any atom is 0.0986 e. The van der Waals surface area contributed by atoms with E-state index in [0.717, 1.165) is 17.7 Å². The Balaban J connectivity index is 2.31. The monoisotopic (exact) mass is 270 g/mol. The summed E-state index contributed by atoms with van der Waals surface area (Å²) in [5.74, 6) is 0. The van der Waals surface area contributed by atoms with Crippen LogP contribution in [0.25, 0.3) is 0 Å². The largest absolute Gasteiger partial charge is 0.386 e. The van der Waals surface area contributed by atoms with Gasteiger partial charge in [0.05, 0.1) is 12.1 Å². The Morgan fingerprint density at radius 1 is 0.950 bits per heavy atom. The molecular weight excluding hydrogens is 248 g/mol. The summed E-state index contributed by atoms with van der Waals surface area (Å²) >= 11 is 0. The van der Waals surface area contributed by atoms with Crippen LogP contribution in [0, 0.1) is 0 Å². The van der Waals surface area contributed by atoms with Gasteiger partial charge in [-0.15, -0.1) is 0 Å². The smallest absolute Gasteiger partial charge is 0.0986 e. The van der Waals surface area contributed by atoms with Crippen molar-refractivity contribution >= 4 is 0 Å². The summed E-state index contributed by atoms with van der Waals surface area (Å²) in [5.41, 5.74) is 7.68. The summed E-state index contributed by atoms with van der Waals surface area (Å²) in [4.78, 5) is 2.10. The third-order valence-corrected chi connectivity index (χ3v) is 3.54. The number of aliphatic hydroxyl groups is 1. The predicted molar refractivity (Wildman–Crippen MR) is 82.3 cm³/mol. The molecule has 0 aliphatic carbocycles. The van der Waals surface area contributed by atoms with Crippen LogP contribution in [0.1, 0.15) is 23.3 Å². The van der Waals surface area contributed by atoms with E-state index in [1.807, 2.05) is 67.7 Å². The summed E-state index contributed by atoms with van der Waals surface area (Å²) in [6.07, 6.45) is -0.574. The van der Waals surface area contributed by atoms with Gasteiger partial charge in [0.2, 0.25) is 0 Å². The van der Waals surface area contributed by atoms with E-state index in [0.29, 0.717) is 6.54 Å². The molecule has 0 fully saturated rings. The van der Waals surface area contributed by atoms with Gasteiger partial charge in [-0.25, -0.2) is 0 Å². The maximum absolute atomic E-state index is 10.7. The van der Waals surface area contributed by atoms with Crippen molar-refractivity contribution in [1.29, 1.82) is 0 Å². The predicted octanol–water partition coefficient (Wildman–Crippen LogP) is 2.35. The number of benzene rings is 2. The Hall–Kier alpha value is -1.68. The number of nitrogens with two attached hydrogens (primary N) is 1. The van der Waals surface area contributed by atoms with Gasteiger partial charge in [0, 0.05) is 13.1 Å². The zero-order chi connectivity index (χ0) is 14.4. The molecule has 2 aromatic rings. The van der Waals surface area contributed by atoms with Crippen LogP contribution >= 0.6 is 0 Å². The first kappa shape index (κ1) is 14.7. The fraction of sp³-hybridized carbons (Fsp3) is 0.294. The molecule has 0 spiro atoms. The molecule has 0 saturated heterocycles. The molecule has 3 N–H and O–H groups in total. The molecule has 3 heteroatoms. The van der Waals surface area contributed by atoms with Gasteiger partial charge in [-0.1, -0.05) is 60.7 Å². The number of hydrogen-bond donors (Lipinski definition) is 2. The van der Waals surface area contributed by atoms with Crippen LogP contribution < -0.4 is 5.73 Å². The van der Waals surface area contributed by atoms with Crippen LogP contribution in [0.3, 0.4) is 0 Å². The highest BCUT2D eigenvalue weighted by Gasteiger charge is 2.26. The van der Waals surface area contributed by atoms with Crippen molar-refractivity contribution in [3.8, 4) is 0 Å². The molecule has 0 aromatic heterocycles. The molecule has 0 amide bonds. The van der Waals surface area contributed by atoms with E-state index in [1.54, 1.807) is 0 Å². The zero-order valence-electron chi connectivity index (χ0n) is 11.8. The summed E-state index contributed by atoms with van der Waals surface area (Å²) in [7, 11) is 2.00. The minimum Gasteiger partial charge on any atom is -0.386 e. The van der Waals surface area contributed by atoms with Crippen molar-refractivity contribution in [3.63, 3.8) is 0 Å². The molecule has 3 nitrogen and oxygen atoms in total. The van der Waals surface area contributed by atoms with E-state index in [-0.39, 0.29) is 6.04 Å². The Morgan fingerprint density at radius 3 is 1.95 bits per heavy atom. The topological polar surface area (TPSA) is 49.5 Å². The Kier molecular flexibility index (Phi) is 5.30. The van der Waals surface area contributed by atoms with Crippen molar-refractivity contribution in [2.75, 3.05) is 20.1 Å². The molecule has 20 heavy (non-hydrogen) atoms. The Morgan fingerprint density at radius 2 is 1.45 bits per heavy atom. The van der Waals surface area contributed by atoms with Crippen LogP contribution in [0.5, 0.6) is 0 Å². The van der Waals surface area contributed by atoms with E-state index in [4.69, 9.17) is 5.73 Å². The lowest BCUT2D eigenvalue weighted by molar-refractivity contribution is 0.0635. The molecular formula is C17H22N2O. The minimum absolute atomic E-state index is 0.0952. The van der Waals surface area contributed by atoms with Crippen LogP contribution in [0.4, 0.5) is 0 Å². The number of rotatable bonds is 6. The van der Waals surface area contributed by atoms with E-state index >= 15 is 0 Å². The summed E-state index contributed by atoms with van der Waals surface area (Å²) in [6, 6.07) is 19.7. The molecule has 0 unspecified atom stereocenters. The van der Waals surface area contributed by atoms with E-state index < -0.39 is 6.10 Å². The second kappa shape index (κ2) is 7.20. The van der Waals surface area contributed by atoms with Gasteiger partial charge in [0.25, 0.3) is 0 Å².